The predicted molar refractivity (Wildman–Crippen MR) is 123 cm³/mol. The first kappa shape index (κ1) is 25.9. The molecule has 33 heavy (non-hydrogen) atoms. The van der Waals surface area contributed by atoms with Crippen LogP contribution in [0, 0.1) is 10.1 Å². The third-order valence-corrected chi connectivity index (χ3v) is 5.56. The summed E-state index contributed by atoms with van der Waals surface area (Å²) in [6, 6.07) is 5.80. The molecule has 1 aromatic carbocycles. The number of hydrogen-bond donors (Lipinski definition) is 2. The molecule has 0 fully saturated rings. The lowest BCUT2D eigenvalue weighted by molar-refractivity contribution is -0.384. The van der Waals surface area contributed by atoms with Gasteiger partial charge in [0, 0.05) is 36.2 Å². The van der Waals surface area contributed by atoms with Crippen LogP contribution in [0.4, 0.5) is 5.69 Å². The van der Waals surface area contributed by atoms with Crippen LogP contribution in [-0.2, 0) is 23.9 Å². The van der Waals surface area contributed by atoms with E-state index in [1.54, 1.807) is 26.8 Å². The number of nitro benzene ring substituents is 1. The molecule has 0 bridgehead atoms. The minimum absolute atomic E-state index is 0.105. The molecule has 1 aliphatic rings. The highest BCUT2D eigenvalue weighted by molar-refractivity contribution is 7.99. The fourth-order valence-electron chi connectivity index (χ4n) is 3.40. The number of ether oxygens (including phenoxy) is 2. The Morgan fingerprint density at radius 1 is 1.15 bits per heavy atom. The summed E-state index contributed by atoms with van der Waals surface area (Å²) in [7, 11) is 0. The number of nitro groups is 1. The molecule has 178 valence electrons. The summed E-state index contributed by atoms with van der Waals surface area (Å²) in [5.41, 5.74) is 1.52. The minimum Gasteiger partial charge on any atom is -0.463 e. The van der Waals surface area contributed by atoms with Gasteiger partial charge in [0.1, 0.15) is 0 Å². The number of rotatable bonds is 10. The van der Waals surface area contributed by atoms with Crippen LogP contribution < -0.4 is 10.6 Å². The topological polar surface area (TPSA) is 137 Å². The van der Waals surface area contributed by atoms with E-state index in [4.69, 9.17) is 9.47 Å². The Bertz CT molecular complexity index is 1000. The van der Waals surface area contributed by atoms with Crippen molar-refractivity contribution in [2.75, 3.05) is 24.8 Å². The molecule has 11 heteroatoms. The molecule has 0 saturated carbocycles. The van der Waals surface area contributed by atoms with Gasteiger partial charge in [-0.05, 0) is 26.3 Å². The first-order valence-electron chi connectivity index (χ1n) is 10.3. The van der Waals surface area contributed by atoms with Gasteiger partial charge in [-0.2, -0.15) is 0 Å². The van der Waals surface area contributed by atoms with Gasteiger partial charge in [0.2, 0.25) is 5.91 Å². The largest absolute Gasteiger partial charge is 0.463 e. The Balaban J connectivity index is 2.64. The van der Waals surface area contributed by atoms with Crippen molar-refractivity contribution in [3.63, 3.8) is 0 Å². The summed E-state index contributed by atoms with van der Waals surface area (Å²) in [5.74, 6) is -1.79. The smallest absolute Gasteiger partial charge is 0.336 e. The van der Waals surface area contributed by atoms with E-state index in [2.05, 4.69) is 10.6 Å². The molecular formula is C22H27N3O7S. The van der Waals surface area contributed by atoms with Crippen molar-refractivity contribution < 1.29 is 28.8 Å². The van der Waals surface area contributed by atoms with Gasteiger partial charge in [-0.1, -0.05) is 12.1 Å². The Morgan fingerprint density at radius 3 is 2.36 bits per heavy atom. The van der Waals surface area contributed by atoms with E-state index in [1.807, 2.05) is 0 Å². The monoisotopic (exact) mass is 477 g/mol. The number of non-ortho nitro benzene ring substituents is 1. The van der Waals surface area contributed by atoms with Gasteiger partial charge >= 0.3 is 11.9 Å². The van der Waals surface area contributed by atoms with E-state index in [1.165, 1.54) is 36.9 Å². The highest BCUT2D eigenvalue weighted by Gasteiger charge is 2.39. The molecule has 1 aliphatic heterocycles. The first-order chi connectivity index (χ1) is 15.7. The summed E-state index contributed by atoms with van der Waals surface area (Å²) < 4.78 is 10.5. The number of nitrogens with zero attached hydrogens (tertiary/aromatic N) is 1. The molecule has 0 radical (unpaired) electrons. The third kappa shape index (κ3) is 6.58. The quantitative estimate of drug-likeness (QED) is 0.171. The summed E-state index contributed by atoms with van der Waals surface area (Å²) >= 11 is 1.35. The molecule has 1 unspecified atom stereocenters. The van der Waals surface area contributed by atoms with E-state index >= 15 is 0 Å². The fraction of sp³-hybridized carbons (Fsp3) is 0.409. The fourth-order valence-corrected chi connectivity index (χ4v) is 4.24. The Morgan fingerprint density at radius 2 is 1.79 bits per heavy atom. The molecule has 2 N–H and O–H groups in total. The maximum atomic E-state index is 13.1. The number of benzene rings is 1. The van der Waals surface area contributed by atoms with Crippen LogP contribution in [0.2, 0.25) is 0 Å². The molecular weight excluding hydrogens is 450 g/mol. The third-order valence-electron chi connectivity index (χ3n) is 4.72. The molecule has 1 heterocycles. The predicted octanol–water partition coefficient (Wildman–Crippen LogP) is 2.76. The van der Waals surface area contributed by atoms with Gasteiger partial charge in [0.15, 0.2) is 0 Å². The lowest BCUT2D eigenvalue weighted by atomic mass is 9.80. The number of hydrogen-bond acceptors (Lipinski definition) is 9. The normalized spacial score (nSPS) is 15.6. The molecule has 2 rings (SSSR count). The summed E-state index contributed by atoms with van der Waals surface area (Å²) in [5, 5.41) is 17.2. The molecule has 1 amide bonds. The maximum absolute atomic E-state index is 13.1. The van der Waals surface area contributed by atoms with E-state index < -0.39 is 22.8 Å². The lowest BCUT2D eigenvalue weighted by Crippen LogP contribution is -2.34. The lowest BCUT2D eigenvalue weighted by Gasteiger charge is -2.31. The van der Waals surface area contributed by atoms with Crippen LogP contribution in [0.15, 0.2) is 46.8 Å². The summed E-state index contributed by atoms with van der Waals surface area (Å²) in [6.07, 6.45) is 0. The Labute approximate surface area is 195 Å². The zero-order valence-corrected chi connectivity index (χ0v) is 19.7. The standard InChI is InChI=1S/C22H27N3O7S/c1-5-31-21(27)18-13(3)24-17(11-33-12-23-14(4)26)20(22(28)32-6-2)19(18)15-8-7-9-16(10-15)25(29)30/h7-10,19,24H,5-6,11-12H2,1-4H3,(H,23,26). The Kier molecular flexibility index (Phi) is 9.46. The number of dihydropyridines is 1. The summed E-state index contributed by atoms with van der Waals surface area (Å²) in [6.45, 7) is 6.63. The molecule has 1 atom stereocenters. The van der Waals surface area contributed by atoms with Crippen molar-refractivity contribution >= 4 is 35.3 Å². The second kappa shape index (κ2) is 12.0. The minimum atomic E-state index is -0.930. The Hall–Kier alpha value is -3.34. The van der Waals surface area contributed by atoms with Gasteiger partial charge < -0.3 is 20.1 Å². The maximum Gasteiger partial charge on any atom is 0.336 e. The molecule has 1 aromatic rings. The van der Waals surface area contributed by atoms with Crippen molar-refractivity contribution in [1.82, 2.24) is 10.6 Å². The SMILES string of the molecule is CCOC(=O)C1=C(C)NC(CSCNC(C)=O)=C(C(=O)OCC)C1c1cccc([N+](=O)[O-])c1. The number of allylic oxidation sites excluding steroid dienone is 1. The molecule has 0 aliphatic carbocycles. The summed E-state index contributed by atoms with van der Waals surface area (Å²) in [4.78, 5) is 48.0. The van der Waals surface area contributed by atoms with Crippen molar-refractivity contribution in [2.24, 2.45) is 0 Å². The van der Waals surface area contributed by atoms with Crippen molar-refractivity contribution in [1.29, 1.82) is 0 Å². The number of nitrogens with one attached hydrogen (secondary N) is 2. The van der Waals surface area contributed by atoms with Crippen LogP contribution in [0.5, 0.6) is 0 Å². The second-order valence-electron chi connectivity index (χ2n) is 7.01. The zero-order valence-electron chi connectivity index (χ0n) is 18.9. The zero-order chi connectivity index (χ0) is 24.5. The van der Waals surface area contributed by atoms with Crippen LogP contribution in [0.1, 0.15) is 39.2 Å². The molecule has 0 aromatic heterocycles. The van der Waals surface area contributed by atoms with Crippen LogP contribution in [0.3, 0.4) is 0 Å². The van der Waals surface area contributed by atoms with Crippen LogP contribution >= 0.6 is 11.8 Å². The van der Waals surface area contributed by atoms with Gasteiger partial charge in [-0.15, -0.1) is 11.8 Å². The van der Waals surface area contributed by atoms with E-state index in [-0.39, 0.29) is 36.0 Å². The van der Waals surface area contributed by atoms with E-state index in [0.717, 1.165) is 0 Å². The number of carbonyl (C=O) groups excluding carboxylic acids is 3. The van der Waals surface area contributed by atoms with Gasteiger partial charge in [-0.25, -0.2) is 9.59 Å². The average Bonchev–Trinajstić information content (AvgIpc) is 2.76. The van der Waals surface area contributed by atoms with Crippen molar-refractivity contribution in [2.45, 2.75) is 33.6 Å². The molecule has 10 nitrogen and oxygen atoms in total. The first-order valence-corrected chi connectivity index (χ1v) is 11.5. The van der Waals surface area contributed by atoms with E-state index in [9.17, 15) is 24.5 Å². The van der Waals surface area contributed by atoms with E-state index in [0.29, 0.717) is 28.6 Å². The molecule has 0 spiro atoms. The molecule has 0 saturated heterocycles. The second-order valence-corrected chi connectivity index (χ2v) is 7.99. The van der Waals surface area contributed by atoms with Crippen LogP contribution in [-0.4, -0.2) is 47.6 Å². The number of amides is 1. The highest BCUT2D eigenvalue weighted by atomic mass is 32.2. The number of thioether (sulfide) groups is 1. The van der Waals surface area contributed by atoms with Crippen molar-refractivity contribution in [3.05, 3.63) is 62.5 Å². The number of carbonyl (C=O) groups is 3. The van der Waals surface area contributed by atoms with Crippen LogP contribution in [0.25, 0.3) is 0 Å². The van der Waals surface area contributed by atoms with Gasteiger partial charge in [0.25, 0.3) is 5.69 Å². The van der Waals surface area contributed by atoms with Gasteiger partial charge in [0.05, 0.1) is 41.1 Å². The van der Waals surface area contributed by atoms with Crippen molar-refractivity contribution in [3.8, 4) is 0 Å². The highest BCUT2D eigenvalue weighted by Crippen LogP contribution is 2.40. The average molecular weight is 478 g/mol. The van der Waals surface area contributed by atoms with Gasteiger partial charge in [-0.3, -0.25) is 14.9 Å². The number of esters is 2.